The Kier molecular flexibility index (Phi) is 4.24. The van der Waals surface area contributed by atoms with E-state index in [1.165, 1.54) is 0 Å². The third-order valence-corrected chi connectivity index (χ3v) is 4.31. The average Bonchev–Trinajstić information content (AvgIpc) is 2.93. The molecule has 110 valence electrons. The Balaban J connectivity index is 1.53. The minimum atomic E-state index is -0.448. The van der Waals surface area contributed by atoms with Crippen LogP contribution in [0.1, 0.15) is 19.3 Å². The second kappa shape index (κ2) is 6.12. The van der Waals surface area contributed by atoms with Crippen LogP contribution in [0.2, 0.25) is 0 Å². The summed E-state index contributed by atoms with van der Waals surface area (Å²) in [7, 11) is 0. The average molecular weight is 278 g/mol. The van der Waals surface area contributed by atoms with Crippen molar-refractivity contribution in [3.63, 3.8) is 0 Å². The van der Waals surface area contributed by atoms with Gasteiger partial charge in [-0.3, -0.25) is 0 Å². The second-order valence-corrected chi connectivity index (χ2v) is 5.78. The quantitative estimate of drug-likeness (QED) is 0.915. The molecular formula is C16H22O4. The van der Waals surface area contributed by atoms with Crippen LogP contribution in [0.5, 0.6) is 5.75 Å². The lowest BCUT2D eigenvalue weighted by molar-refractivity contribution is -0.120. The molecule has 3 unspecified atom stereocenters. The first kappa shape index (κ1) is 13.9. The van der Waals surface area contributed by atoms with Crippen LogP contribution in [0.25, 0.3) is 0 Å². The number of para-hydroxylation sites is 1. The Morgan fingerprint density at radius 3 is 2.90 bits per heavy atom. The summed E-state index contributed by atoms with van der Waals surface area (Å²) >= 11 is 0. The van der Waals surface area contributed by atoms with Crippen molar-refractivity contribution in [2.24, 2.45) is 5.92 Å². The molecule has 0 saturated carbocycles. The molecule has 4 nitrogen and oxygen atoms in total. The zero-order valence-electron chi connectivity index (χ0n) is 11.7. The van der Waals surface area contributed by atoms with Crippen molar-refractivity contribution in [3.8, 4) is 5.75 Å². The van der Waals surface area contributed by atoms with E-state index in [0.29, 0.717) is 19.8 Å². The molecule has 4 heteroatoms. The minimum Gasteiger partial charge on any atom is -0.491 e. The van der Waals surface area contributed by atoms with Crippen molar-refractivity contribution in [1.82, 2.24) is 0 Å². The predicted molar refractivity (Wildman–Crippen MR) is 74.8 cm³/mol. The number of hydrogen-bond donors (Lipinski definition) is 1. The highest BCUT2D eigenvalue weighted by atomic mass is 16.6. The van der Waals surface area contributed by atoms with E-state index in [1.807, 2.05) is 30.3 Å². The van der Waals surface area contributed by atoms with E-state index in [4.69, 9.17) is 14.2 Å². The maximum Gasteiger partial charge on any atom is 0.119 e. The van der Waals surface area contributed by atoms with Gasteiger partial charge >= 0.3 is 0 Å². The first-order valence-corrected chi connectivity index (χ1v) is 7.35. The van der Waals surface area contributed by atoms with Gasteiger partial charge in [-0.15, -0.1) is 0 Å². The third-order valence-electron chi connectivity index (χ3n) is 4.31. The maximum absolute atomic E-state index is 10.4. The molecule has 1 spiro atoms. The Morgan fingerprint density at radius 1 is 1.30 bits per heavy atom. The van der Waals surface area contributed by atoms with Crippen LogP contribution >= 0.6 is 0 Å². The molecule has 3 atom stereocenters. The number of hydrogen-bond acceptors (Lipinski definition) is 4. The standard InChI is InChI=1S/C16H22O4/c17-15(11-19-14-4-2-1-3-5-14)13-6-8-20-16(10-13)7-9-18-12-16/h1-5,13,15,17H,6-12H2. The van der Waals surface area contributed by atoms with Crippen LogP contribution in [0.15, 0.2) is 30.3 Å². The topological polar surface area (TPSA) is 47.9 Å². The summed E-state index contributed by atoms with van der Waals surface area (Å²) in [5.41, 5.74) is -0.156. The molecule has 2 heterocycles. The molecule has 3 rings (SSSR count). The largest absolute Gasteiger partial charge is 0.491 e. The Bertz CT molecular complexity index is 414. The summed E-state index contributed by atoms with van der Waals surface area (Å²) in [5, 5.41) is 10.4. The normalized spacial score (nSPS) is 31.4. The Labute approximate surface area is 119 Å². The molecule has 2 fully saturated rings. The lowest BCUT2D eigenvalue weighted by Gasteiger charge is -2.38. The molecule has 2 aliphatic rings. The molecular weight excluding hydrogens is 256 g/mol. The summed E-state index contributed by atoms with van der Waals surface area (Å²) in [6, 6.07) is 9.62. The maximum atomic E-state index is 10.4. The fourth-order valence-electron chi connectivity index (χ4n) is 3.09. The number of ether oxygens (including phenoxy) is 3. The van der Waals surface area contributed by atoms with Crippen molar-refractivity contribution in [3.05, 3.63) is 30.3 Å². The summed E-state index contributed by atoms with van der Waals surface area (Å²) in [4.78, 5) is 0. The van der Waals surface area contributed by atoms with E-state index in [2.05, 4.69) is 0 Å². The SMILES string of the molecule is OC(COc1ccccc1)C1CCOC2(CCOC2)C1. The van der Waals surface area contributed by atoms with Crippen molar-refractivity contribution in [1.29, 1.82) is 0 Å². The highest BCUT2D eigenvalue weighted by molar-refractivity contribution is 5.20. The van der Waals surface area contributed by atoms with Gasteiger partial charge in [-0.25, -0.2) is 0 Å². The summed E-state index contributed by atoms with van der Waals surface area (Å²) in [6.07, 6.45) is 2.25. The van der Waals surface area contributed by atoms with Gasteiger partial charge in [-0.1, -0.05) is 18.2 Å². The van der Waals surface area contributed by atoms with Gasteiger partial charge in [-0.2, -0.15) is 0 Å². The summed E-state index contributed by atoms with van der Waals surface area (Å²) < 4.78 is 17.0. The van der Waals surface area contributed by atoms with Crippen LogP contribution in [-0.2, 0) is 9.47 Å². The van der Waals surface area contributed by atoms with Gasteiger partial charge in [0.2, 0.25) is 0 Å². The fourth-order valence-corrected chi connectivity index (χ4v) is 3.09. The molecule has 2 saturated heterocycles. The predicted octanol–water partition coefficient (Wildman–Crippen LogP) is 2.01. The van der Waals surface area contributed by atoms with Crippen LogP contribution in [0, 0.1) is 5.92 Å². The molecule has 0 bridgehead atoms. The molecule has 1 N–H and O–H groups in total. The summed E-state index contributed by atoms with van der Waals surface area (Å²) in [5.74, 6) is 1.03. The molecule has 20 heavy (non-hydrogen) atoms. The monoisotopic (exact) mass is 278 g/mol. The van der Waals surface area contributed by atoms with Gasteiger partial charge in [0.25, 0.3) is 0 Å². The van der Waals surface area contributed by atoms with Crippen molar-refractivity contribution in [2.45, 2.75) is 31.0 Å². The van der Waals surface area contributed by atoms with Crippen molar-refractivity contribution >= 4 is 0 Å². The van der Waals surface area contributed by atoms with Gasteiger partial charge in [0.15, 0.2) is 0 Å². The molecule has 0 aromatic heterocycles. The summed E-state index contributed by atoms with van der Waals surface area (Å²) in [6.45, 7) is 2.47. The van der Waals surface area contributed by atoms with Crippen LogP contribution < -0.4 is 4.74 Å². The smallest absolute Gasteiger partial charge is 0.119 e. The number of rotatable bonds is 4. The van der Waals surface area contributed by atoms with E-state index in [1.54, 1.807) is 0 Å². The van der Waals surface area contributed by atoms with E-state index >= 15 is 0 Å². The van der Waals surface area contributed by atoms with Crippen molar-refractivity contribution < 1.29 is 19.3 Å². The van der Waals surface area contributed by atoms with E-state index < -0.39 is 6.10 Å². The second-order valence-electron chi connectivity index (χ2n) is 5.78. The van der Waals surface area contributed by atoms with Gasteiger partial charge in [0.05, 0.1) is 18.3 Å². The molecule has 0 aliphatic carbocycles. The van der Waals surface area contributed by atoms with Crippen LogP contribution in [0.3, 0.4) is 0 Å². The highest BCUT2D eigenvalue weighted by Gasteiger charge is 2.42. The molecule has 0 amide bonds. The fraction of sp³-hybridized carbons (Fsp3) is 0.625. The number of aliphatic hydroxyl groups excluding tert-OH is 1. The Morgan fingerprint density at radius 2 is 2.15 bits per heavy atom. The lowest BCUT2D eigenvalue weighted by atomic mass is 9.82. The van der Waals surface area contributed by atoms with E-state index in [9.17, 15) is 5.11 Å². The Hall–Kier alpha value is -1.10. The molecule has 1 aromatic carbocycles. The van der Waals surface area contributed by atoms with Gasteiger partial charge in [-0.05, 0) is 30.9 Å². The van der Waals surface area contributed by atoms with Gasteiger partial charge < -0.3 is 19.3 Å². The van der Waals surface area contributed by atoms with Gasteiger partial charge in [0.1, 0.15) is 12.4 Å². The third kappa shape index (κ3) is 3.14. The van der Waals surface area contributed by atoms with Gasteiger partial charge in [0, 0.05) is 19.6 Å². The van der Waals surface area contributed by atoms with E-state index in [0.717, 1.165) is 31.6 Å². The minimum absolute atomic E-state index is 0.156. The number of benzene rings is 1. The molecule has 2 aliphatic heterocycles. The molecule has 1 aromatic rings. The lowest BCUT2D eigenvalue weighted by Crippen LogP contribution is -2.44. The first-order chi connectivity index (χ1) is 9.77. The zero-order valence-corrected chi connectivity index (χ0v) is 11.7. The van der Waals surface area contributed by atoms with E-state index in [-0.39, 0.29) is 11.5 Å². The zero-order chi connectivity index (χ0) is 13.8. The van der Waals surface area contributed by atoms with Crippen molar-refractivity contribution in [2.75, 3.05) is 26.4 Å². The number of aliphatic hydroxyl groups is 1. The van der Waals surface area contributed by atoms with Crippen LogP contribution in [-0.4, -0.2) is 43.2 Å². The first-order valence-electron chi connectivity index (χ1n) is 7.35. The molecule has 0 radical (unpaired) electrons. The van der Waals surface area contributed by atoms with Crippen LogP contribution in [0.4, 0.5) is 0 Å². The highest BCUT2D eigenvalue weighted by Crippen LogP contribution is 2.37.